The second-order valence-electron chi connectivity index (χ2n) is 3.42. The molecule has 14 heavy (non-hydrogen) atoms. The molecule has 0 aromatic heterocycles. The molecule has 2 aromatic rings. The molecule has 0 aliphatic rings. The van der Waals surface area contributed by atoms with Crippen molar-refractivity contribution in [3.8, 4) is 11.1 Å². The van der Waals surface area contributed by atoms with E-state index in [-0.39, 0.29) is 0 Å². The molecule has 0 nitrogen and oxygen atoms in total. The summed E-state index contributed by atoms with van der Waals surface area (Å²) >= 11 is 0. The summed E-state index contributed by atoms with van der Waals surface area (Å²) in [6.45, 7) is 2.11. The lowest BCUT2D eigenvalue weighted by Crippen LogP contribution is -1.75. The van der Waals surface area contributed by atoms with Gasteiger partial charge in [-0.25, -0.2) is 0 Å². The third kappa shape index (κ3) is 1.97. The van der Waals surface area contributed by atoms with Crippen LogP contribution in [0.25, 0.3) is 11.1 Å². The molecular weight excluding hydrogens is 168 g/mol. The SMILES string of the molecule is Cc1ccc(-c2ccc[cH+]cc2)cc1. The quantitative estimate of drug-likeness (QED) is 0.584. The molecule has 0 saturated carbocycles. The van der Waals surface area contributed by atoms with Crippen molar-refractivity contribution in [1.29, 1.82) is 0 Å². The van der Waals surface area contributed by atoms with E-state index < -0.39 is 0 Å². The molecule has 0 N–H and O–H groups in total. The van der Waals surface area contributed by atoms with E-state index in [9.17, 15) is 0 Å². The van der Waals surface area contributed by atoms with Gasteiger partial charge in [0.05, 0.1) is 0 Å². The van der Waals surface area contributed by atoms with Crippen LogP contribution in [0.4, 0.5) is 0 Å². The van der Waals surface area contributed by atoms with Crippen LogP contribution in [-0.2, 0) is 0 Å². The number of aryl methyl sites for hydroxylation is 1. The Morgan fingerprint density at radius 2 is 1.50 bits per heavy atom. The van der Waals surface area contributed by atoms with Crippen molar-refractivity contribution in [2.75, 3.05) is 0 Å². The van der Waals surface area contributed by atoms with Crippen molar-refractivity contribution in [2.45, 2.75) is 6.92 Å². The van der Waals surface area contributed by atoms with Crippen LogP contribution in [0.15, 0.2) is 60.7 Å². The van der Waals surface area contributed by atoms with Crippen molar-refractivity contribution >= 4 is 0 Å². The van der Waals surface area contributed by atoms with Gasteiger partial charge < -0.3 is 0 Å². The standard InChI is InChI=1S/C14H13/c1-12-8-10-14(11-9-12)13-6-4-2-3-5-7-13/h2-11H,1H3/q+1. The minimum atomic E-state index is 1.26. The highest BCUT2D eigenvalue weighted by Gasteiger charge is 1.97. The molecule has 0 radical (unpaired) electrons. The summed E-state index contributed by atoms with van der Waals surface area (Å²) < 4.78 is 0. The van der Waals surface area contributed by atoms with Crippen LogP contribution < -0.4 is 0 Å². The molecule has 68 valence electrons. The van der Waals surface area contributed by atoms with E-state index in [0.717, 1.165) is 0 Å². The van der Waals surface area contributed by atoms with E-state index in [4.69, 9.17) is 0 Å². The average molecular weight is 181 g/mol. The highest BCUT2D eigenvalue weighted by atomic mass is 14.0. The van der Waals surface area contributed by atoms with Crippen LogP contribution in [0.1, 0.15) is 5.56 Å². The zero-order chi connectivity index (χ0) is 9.80. The van der Waals surface area contributed by atoms with E-state index in [1.807, 2.05) is 12.1 Å². The molecule has 0 aliphatic carbocycles. The molecule has 0 heterocycles. The first kappa shape index (κ1) is 8.89. The van der Waals surface area contributed by atoms with Crippen LogP contribution in [0.2, 0.25) is 0 Å². The van der Waals surface area contributed by atoms with Gasteiger partial charge in [0.1, 0.15) is 0 Å². The van der Waals surface area contributed by atoms with Gasteiger partial charge in [-0.2, -0.15) is 0 Å². The second kappa shape index (κ2) is 4.01. The number of hydrogen-bond acceptors (Lipinski definition) is 0. The Kier molecular flexibility index (Phi) is 2.55. The minimum Gasteiger partial charge on any atom is -0.0587 e. The molecule has 0 atom stereocenters. The predicted octanol–water partition coefficient (Wildman–Crippen LogP) is 3.94. The monoisotopic (exact) mass is 181 g/mol. The first-order chi connectivity index (χ1) is 6.86. The Bertz CT molecular complexity index is 400. The fraction of sp³-hybridized carbons (Fsp3) is 0.0714. The van der Waals surface area contributed by atoms with Gasteiger partial charge >= 0.3 is 0 Å². The Labute approximate surface area is 84.9 Å². The van der Waals surface area contributed by atoms with Crippen LogP contribution in [0.5, 0.6) is 0 Å². The summed E-state index contributed by atoms with van der Waals surface area (Å²) in [5, 5.41) is 0. The number of rotatable bonds is 1. The fourth-order valence-electron chi connectivity index (χ4n) is 1.44. The van der Waals surface area contributed by atoms with Gasteiger partial charge in [0, 0.05) is 42.0 Å². The Hall–Kier alpha value is -1.69. The molecule has 0 aliphatic heterocycles. The zero-order valence-corrected chi connectivity index (χ0v) is 8.27. The molecule has 0 fully saturated rings. The van der Waals surface area contributed by atoms with Gasteiger partial charge in [-0.15, -0.1) is 0 Å². The minimum absolute atomic E-state index is 1.26. The van der Waals surface area contributed by atoms with E-state index >= 15 is 0 Å². The third-order valence-electron chi connectivity index (χ3n) is 2.27. The molecule has 0 heteroatoms. The summed E-state index contributed by atoms with van der Waals surface area (Å²) in [6.07, 6.45) is 0. The van der Waals surface area contributed by atoms with Crippen molar-refractivity contribution in [3.63, 3.8) is 0 Å². The molecule has 0 bridgehead atoms. The van der Waals surface area contributed by atoms with Crippen molar-refractivity contribution in [3.05, 3.63) is 66.2 Å². The summed E-state index contributed by atoms with van der Waals surface area (Å²) in [5.41, 5.74) is 3.83. The van der Waals surface area contributed by atoms with Crippen LogP contribution in [0, 0.1) is 6.92 Å². The molecule has 0 saturated heterocycles. The molecule has 2 aromatic carbocycles. The highest BCUT2D eigenvalue weighted by molar-refractivity contribution is 5.62. The largest absolute Gasteiger partial charge is 0.0587 e. The van der Waals surface area contributed by atoms with Gasteiger partial charge in [0.25, 0.3) is 0 Å². The van der Waals surface area contributed by atoms with Crippen LogP contribution in [0.3, 0.4) is 0 Å². The highest BCUT2D eigenvalue weighted by Crippen LogP contribution is 2.18. The maximum absolute atomic E-state index is 2.16. The average Bonchev–Trinajstić information content (AvgIpc) is 2.47. The Morgan fingerprint density at radius 3 is 2.29 bits per heavy atom. The number of benzene rings is 1. The van der Waals surface area contributed by atoms with Gasteiger partial charge in [0.15, 0.2) is 0 Å². The zero-order valence-electron chi connectivity index (χ0n) is 8.27. The summed E-state index contributed by atoms with van der Waals surface area (Å²) in [7, 11) is 0. The lowest BCUT2D eigenvalue weighted by Gasteiger charge is -1.96. The van der Waals surface area contributed by atoms with E-state index in [1.54, 1.807) is 0 Å². The molecule has 0 amide bonds. The van der Waals surface area contributed by atoms with Crippen LogP contribution in [-0.4, -0.2) is 0 Å². The second-order valence-corrected chi connectivity index (χ2v) is 3.42. The summed E-state index contributed by atoms with van der Waals surface area (Å²) in [5.74, 6) is 0. The van der Waals surface area contributed by atoms with Crippen molar-refractivity contribution in [2.24, 2.45) is 0 Å². The Balaban J connectivity index is 2.46. The van der Waals surface area contributed by atoms with Crippen LogP contribution >= 0.6 is 0 Å². The first-order valence-corrected chi connectivity index (χ1v) is 4.82. The van der Waals surface area contributed by atoms with Crippen molar-refractivity contribution < 1.29 is 0 Å². The number of hydrogen-bond donors (Lipinski definition) is 0. The maximum atomic E-state index is 2.16. The molecular formula is C14H13+. The fourth-order valence-corrected chi connectivity index (χ4v) is 1.44. The van der Waals surface area contributed by atoms with E-state index in [0.29, 0.717) is 0 Å². The molecule has 0 unspecified atom stereocenters. The smallest absolute Gasteiger partial charge is 0.0499 e. The normalized spacial score (nSPS) is 9.79. The van der Waals surface area contributed by atoms with Gasteiger partial charge in [0.2, 0.25) is 0 Å². The third-order valence-corrected chi connectivity index (χ3v) is 2.27. The Morgan fingerprint density at radius 1 is 0.786 bits per heavy atom. The lowest BCUT2D eigenvalue weighted by molar-refractivity contribution is 1.47. The van der Waals surface area contributed by atoms with Gasteiger partial charge in [-0.05, 0) is 12.5 Å². The van der Waals surface area contributed by atoms with E-state index in [2.05, 4.69) is 55.5 Å². The maximum Gasteiger partial charge on any atom is 0.0499 e. The topological polar surface area (TPSA) is 0 Å². The molecule has 0 spiro atoms. The first-order valence-electron chi connectivity index (χ1n) is 4.82. The predicted molar refractivity (Wildman–Crippen MR) is 61.0 cm³/mol. The van der Waals surface area contributed by atoms with Crippen molar-refractivity contribution in [1.82, 2.24) is 0 Å². The summed E-state index contributed by atoms with van der Waals surface area (Å²) in [6, 6.07) is 21.1. The molecule has 2 rings (SSSR count). The lowest BCUT2D eigenvalue weighted by atomic mass is 10.1. The van der Waals surface area contributed by atoms with Gasteiger partial charge in [-0.3, -0.25) is 0 Å². The summed E-state index contributed by atoms with van der Waals surface area (Å²) in [4.78, 5) is 0. The van der Waals surface area contributed by atoms with E-state index in [1.165, 1.54) is 16.7 Å². The van der Waals surface area contributed by atoms with Gasteiger partial charge in [-0.1, -0.05) is 29.8 Å².